The smallest absolute Gasteiger partial charge is 0.307 e. The minimum Gasteiger partial charge on any atom is -0.463 e. The van der Waals surface area contributed by atoms with Crippen LogP contribution in [0.2, 0.25) is 0 Å². The quantitative estimate of drug-likeness (QED) is 0.0861. The minimum absolute atomic E-state index is 0.0775. The van der Waals surface area contributed by atoms with Gasteiger partial charge in [0.1, 0.15) is 18.8 Å². The zero-order valence-electron chi connectivity index (χ0n) is 28.8. The number of esters is 3. The molecule has 0 amide bonds. The molecule has 0 spiro atoms. The van der Waals surface area contributed by atoms with Gasteiger partial charge in [0.15, 0.2) is 17.7 Å². The van der Waals surface area contributed by atoms with Crippen molar-refractivity contribution in [3.63, 3.8) is 0 Å². The first-order valence-corrected chi connectivity index (χ1v) is 17.2. The number of pyridine rings is 2. The molecule has 0 saturated heterocycles. The van der Waals surface area contributed by atoms with Crippen LogP contribution < -0.4 is 5.56 Å². The zero-order chi connectivity index (χ0) is 35.6. The molecule has 0 saturated carbocycles. The van der Waals surface area contributed by atoms with Crippen LogP contribution in [0.5, 0.6) is 0 Å². The van der Waals surface area contributed by atoms with Crippen LogP contribution in [0.15, 0.2) is 47.3 Å². The Morgan fingerprint density at radius 3 is 2.56 bits per heavy atom. The van der Waals surface area contributed by atoms with Crippen molar-refractivity contribution in [3.05, 3.63) is 75.1 Å². The van der Waals surface area contributed by atoms with Gasteiger partial charge in [0, 0.05) is 48.8 Å². The van der Waals surface area contributed by atoms with E-state index in [1.54, 1.807) is 23.6 Å². The third kappa shape index (κ3) is 6.74. The summed E-state index contributed by atoms with van der Waals surface area (Å²) < 4.78 is 30.5. The summed E-state index contributed by atoms with van der Waals surface area (Å²) in [6.45, 7) is 6.60. The normalized spacial score (nSPS) is 22.1. The maximum Gasteiger partial charge on any atom is 0.307 e. The first kappa shape index (κ1) is 35.2. The van der Waals surface area contributed by atoms with Crippen LogP contribution >= 0.6 is 0 Å². The molecule has 1 aliphatic carbocycles. The molecular formula is C38H42N2O10. The average molecular weight is 687 g/mol. The van der Waals surface area contributed by atoms with Gasteiger partial charge in [-0.25, -0.2) is 4.98 Å². The van der Waals surface area contributed by atoms with Crippen LogP contribution in [-0.4, -0.2) is 58.3 Å². The van der Waals surface area contributed by atoms with E-state index < -0.39 is 42.0 Å². The number of carbonyl (C=O) groups is 4. The number of fused-ring (bicyclic) bond motifs is 5. The summed E-state index contributed by atoms with van der Waals surface area (Å²) in [4.78, 5) is 69.0. The second-order valence-electron chi connectivity index (χ2n) is 12.9. The molecule has 0 radical (unpaired) electrons. The molecule has 12 nitrogen and oxygen atoms in total. The van der Waals surface area contributed by atoms with Gasteiger partial charge in [-0.1, -0.05) is 44.9 Å². The number of nitrogens with zero attached hydrogens (tertiary/aromatic N) is 2. The summed E-state index contributed by atoms with van der Waals surface area (Å²) in [5, 5.41) is 0.838. The van der Waals surface area contributed by atoms with Crippen molar-refractivity contribution >= 4 is 34.6 Å². The maximum absolute atomic E-state index is 14.2. The van der Waals surface area contributed by atoms with Gasteiger partial charge in [-0.15, -0.1) is 0 Å². The molecule has 2 aliphatic heterocycles. The first-order valence-electron chi connectivity index (χ1n) is 17.2. The van der Waals surface area contributed by atoms with Crippen LogP contribution in [0.1, 0.15) is 88.5 Å². The number of para-hydroxylation sites is 1. The number of carbonyl (C=O) groups excluding carboxylic acids is 4. The molecule has 6 rings (SSSR count). The molecule has 2 aromatic heterocycles. The molecule has 264 valence electrons. The van der Waals surface area contributed by atoms with Gasteiger partial charge in [0.25, 0.3) is 5.56 Å². The molecule has 4 atom stereocenters. The lowest BCUT2D eigenvalue weighted by Gasteiger charge is -2.36. The predicted molar refractivity (Wildman–Crippen MR) is 181 cm³/mol. The van der Waals surface area contributed by atoms with Crippen molar-refractivity contribution in [2.24, 2.45) is 0 Å². The highest BCUT2D eigenvalue weighted by Crippen LogP contribution is 2.43. The average Bonchev–Trinajstić information content (AvgIpc) is 3.46. The van der Waals surface area contributed by atoms with Crippen molar-refractivity contribution in [1.82, 2.24) is 9.55 Å². The van der Waals surface area contributed by atoms with Gasteiger partial charge in [-0.2, -0.15) is 0 Å². The van der Waals surface area contributed by atoms with Gasteiger partial charge < -0.3 is 28.3 Å². The molecule has 0 fully saturated rings. The number of unbranched alkanes of at least 4 members (excludes halogenated alkanes) is 2. The van der Waals surface area contributed by atoms with Crippen molar-refractivity contribution < 1.29 is 42.9 Å². The van der Waals surface area contributed by atoms with Crippen LogP contribution in [0.3, 0.4) is 0 Å². The Labute approximate surface area is 289 Å². The van der Waals surface area contributed by atoms with E-state index in [0.717, 1.165) is 29.4 Å². The first-order chi connectivity index (χ1) is 24.1. The Bertz CT molecular complexity index is 1930. The lowest BCUT2D eigenvalue weighted by Crippen LogP contribution is -2.46. The molecule has 0 bridgehead atoms. The van der Waals surface area contributed by atoms with Gasteiger partial charge in [-0.05, 0) is 49.1 Å². The van der Waals surface area contributed by atoms with Crippen LogP contribution in [0, 0.1) is 0 Å². The number of hydrogen-bond donors (Lipinski definition) is 0. The van der Waals surface area contributed by atoms with Crippen molar-refractivity contribution in [3.8, 4) is 11.4 Å². The van der Waals surface area contributed by atoms with E-state index in [-0.39, 0.29) is 56.8 Å². The molecule has 1 aromatic carbocycles. The minimum atomic E-state index is -1.53. The van der Waals surface area contributed by atoms with Gasteiger partial charge in [0.05, 0.1) is 30.1 Å². The van der Waals surface area contributed by atoms with Crippen molar-refractivity contribution in [2.45, 2.75) is 110 Å². The molecule has 50 heavy (non-hydrogen) atoms. The number of ketones is 1. The number of benzene rings is 1. The Kier molecular flexibility index (Phi) is 10.3. The molecule has 4 heterocycles. The number of rotatable bonds is 12. The molecule has 3 aliphatic rings. The molecule has 3 aromatic rings. The Hall–Kier alpha value is -4.68. The summed E-state index contributed by atoms with van der Waals surface area (Å²) in [5.41, 5.74) is 2.58. The fourth-order valence-corrected chi connectivity index (χ4v) is 7.12. The van der Waals surface area contributed by atoms with Crippen LogP contribution in [0.4, 0.5) is 0 Å². The standard InChI is InChI=1S/C38H42N2O10/c1-5-7-8-13-34(44)50-38(6-2)28-18-30-36-26(19-40(30)37(45)25(28)14-16-33(38)43)27(24-11-9-10-12-29(24)39-36)20-47-35-17-15-31(48-23(4)42)32(49-35)21-46-22(3)41/h9-12,15,17-18,31-32,35H,5-8,13-14,16,19-21H2,1-4H3/t31-,32+,35?,38-/m0/s1. The van der Waals surface area contributed by atoms with Crippen LogP contribution in [-0.2, 0) is 68.0 Å². The maximum atomic E-state index is 14.2. The highest BCUT2D eigenvalue weighted by molar-refractivity contribution is 5.94. The van der Waals surface area contributed by atoms with E-state index in [4.69, 9.17) is 28.7 Å². The lowest BCUT2D eigenvalue weighted by atomic mass is 9.76. The summed E-state index contributed by atoms with van der Waals surface area (Å²) in [6.07, 6.45) is 4.17. The van der Waals surface area contributed by atoms with Crippen LogP contribution in [0.25, 0.3) is 22.3 Å². The van der Waals surface area contributed by atoms with E-state index in [0.29, 0.717) is 34.5 Å². The lowest BCUT2D eigenvalue weighted by molar-refractivity contribution is -0.200. The fourth-order valence-electron chi connectivity index (χ4n) is 7.12. The topological polar surface area (TPSA) is 149 Å². The number of ether oxygens (including phenoxy) is 5. The number of hydrogen-bond acceptors (Lipinski definition) is 11. The van der Waals surface area contributed by atoms with Gasteiger partial charge in [0.2, 0.25) is 0 Å². The SMILES string of the molecule is CCCCCC(=O)O[C@]1(CC)C(=O)CCc2c1cc1n(c2=O)Cc2c-1nc1ccccc1c2COC1C=C[C@H](OC(C)=O)[C@@H](COC(C)=O)O1. The summed E-state index contributed by atoms with van der Waals surface area (Å²) in [7, 11) is 0. The zero-order valence-corrected chi connectivity index (χ0v) is 28.8. The van der Waals surface area contributed by atoms with E-state index in [1.165, 1.54) is 13.8 Å². The van der Waals surface area contributed by atoms with E-state index >= 15 is 0 Å². The second-order valence-corrected chi connectivity index (χ2v) is 12.9. The number of Topliss-reactive ketones (excluding diaryl/α,β-unsaturated/α-hetero) is 1. The molecule has 12 heteroatoms. The third-order valence-electron chi connectivity index (χ3n) is 9.61. The molecule has 0 N–H and O–H groups in total. The number of aromatic nitrogens is 2. The third-order valence-corrected chi connectivity index (χ3v) is 9.61. The van der Waals surface area contributed by atoms with Crippen molar-refractivity contribution in [2.75, 3.05) is 6.61 Å². The highest BCUT2D eigenvalue weighted by Gasteiger charge is 2.48. The summed E-state index contributed by atoms with van der Waals surface area (Å²) >= 11 is 0. The Morgan fingerprint density at radius 1 is 1.02 bits per heavy atom. The molecule has 1 unspecified atom stereocenters. The summed E-state index contributed by atoms with van der Waals surface area (Å²) in [6, 6.07) is 9.41. The summed E-state index contributed by atoms with van der Waals surface area (Å²) in [5.74, 6) is -1.65. The highest BCUT2D eigenvalue weighted by atomic mass is 16.7. The second kappa shape index (κ2) is 14.7. The largest absolute Gasteiger partial charge is 0.463 e. The van der Waals surface area contributed by atoms with E-state index in [9.17, 15) is 24.0 Å². The van der Waals surface area contributed by atoms with E-state index in [1.807, 2.05) is 37.3 Å². The monoisotopic (exact) mass is 686 g/mol. The van der Waals surface area contributed by atoms with Crippen molar-refractivity contribution in [1.29, 1.82) is 0 Å². The van der Waals surface area contributed by atoms with Gasteiger partial charge in [-0.3, -0.25) is 24.0 Å². The predicted octanol–water partition coefficient (Wildman–Crippen LogP) is 4.96. The van der Waals surface area contributed by atoms with Gasteiger partial charge >= 0.3 is 17.9 Å². The Balaban J connectivity index is 1.36. The van der Waals surface area contributed by atoms with E-state index in [2.05, 4.69) is 0 Å². The Morgan fingerprint density at radius 2 is 1.82 bits per heavy atom. The fraction of sp³-hybridized carbons (Fsp3) is 0.474. The molecular weight excluding hydrogens is 644 g/mol.